The Labute approximate surface area is 183 Å². The monoisotopic (exact) mass is 447 g/mol. The minimum absolute atomic E-state index is 0.00127. The number of nitrogens with two attached hydrogens (primary N) is 1. The van der Waals surface area contributed by atoms with Crippen LogP contribution in [0.3, 0.4) is 0 Å². The molecule has 3 rings (SSSR count). The molecule has 1 saturated heterocycles. The van der Waals surface area contributed by atoms with Crippen molar-refractivity contribution >= 4 is 34.2 Å². The zero-order chi connectivity index (χ0) is 22.4. The number of hydrogen-bond donors (Lipinski definition) is 4. The molecular weight excluding hydrogens is 422 g/mol. The molecule has 0 aliphatic carbocycles. The van der Waals surface area contributed by atoms with E-state index in [1.165, 1.54) is 11.3 Å². The maximum atomic E-state index is 11.2. The van der Waals surface area contributed by atoms with Crippen molar-refractivity contribution < 1.29 is 25.0 Å². The molecule has 2 heterocycles. The molecule has 1 aliphatic rings. The van der Waals surface area contributed by atoms with E-state index in [2.05, 4.69) is 5.16 Å². The predicted octanol–water partition coefficient (Wildman–Crippen LogP) is 1.73. The van der Waals surface area contributed by atoms with Crippen LogP contribution >= 0.6 is 11.3 Å². The van der Waals surface area contributed by atoms with Gasteiger partial charge in [-0.2, -0.15) is 0 Å². The molecule has 10 nitrogen and oxygen atoms in total. The van der Waals surface area contributed by atoms with Crippen LogP contribution in [-0.4, -0.2) is 75.3 Å². The highest BCUT2D eigenvalue weighted by Gasteiger charge is 2.27. The summed E-state index contributed by atoms with van der Waals surface area (Å²) in [5, 5.41) is 32.6. The Hall–Kier alpha value is -3.18. The first-order chi connectivity index (χ1) is 14.9. The topological polar surface area (TPSA) is 153 Å². The molecule has 0 radical (unpaired) electrons. The van der Waals surface area contributed by atoms with E-state index in [0.717, 1.165) is 29.2 Å². The van der Waals surface area contributed by atoms with E-state index in [9.17, 15) is 9.59 Å². The van der Waals surface area contributed by atoms with Gasteiger partial charge in [0.2, 0.25) is 0 Å². The number of anilines is 1. The summed E-state index contributed by atoms with van der Waals surface area (Å²) in [7, 11) is 0. The number of carbonyl (C=O) groups is 2. The number of aliphatic carboxylic acids is 2. The van der Waals surface area contributed by atoms with E-state index in [4.69, 9.17) is 26.1 Å². The molecule has 0 amide bonds. The highest BCUT2D eigenvalue weighted by Crippen LogP contribution is 2.31. The van der Waals surface area contributed by atoms with Gasteiger partial charge in [0, 0.05) is 42.2 Å². The fourth-order valence-corrected chi connectivity index (χ4v) is 4.56. The normalized spacial score (nSPS) is 15.7. The number of rotatable bonds is 9. The third kappa shape index (κ3) is 5.92. The molecule has 5 N–H and O–H groups in total. The first-order valence-corrected chi connectivity index (χ1v) is 10.7. The van der Waals surface area contributed by atoms with Crippen molar-refractivity contribution in [2.45, 2.75) is 25.3 Å². The van der Waals surface area contributed by atoms with Crippen molar-refractivity contribution in [1.29, 1.82) is 0 Å². The van der Waals surface area contributed by atoms with Gasteiger partial charge in [-0.1, -0.05) is 29.4 Å². The Morgan fingerprint density at radius 1 is 1.19 bits per heavy atom. The van der Waals surface area contributed by atoms with Crippen molar-refractivity contribution in [1.82, 2.24) is 9.88 Å². The lowest BCUT2D eigenvalue weighted by Crippen LogP contribution is -2.47. The first-order valence-electron chi connectivity index (χ1n) is 9.84. The number of nitrogens with zero attached hydrogens (tertiary/aromatic N) is 4. The van der Waals surface area contributed by atoms with Gasteiger partial charge in [0.05, 0.1) is 18.7 Å². The molecule has 31 heavy (non-hydrogen) atoms. The third-order valence-corrected chi connectivity index (χ3v) is 6.12. The van der Waals surface area contributed by atoms with Gasteiger partial charge in [0.1, 0.15) is 0 Å². The first kappa shape index (κ1) is 22.5. The average Bonchev–Trinajstić information content (AvgIpc) is 3.24. The highest BCUT2D eigenvalue weighted by atomic mass is 32.1. The summed E-state index contributed by atoms with van der Waals surface area (Å²) in [5.74, 6) is -1.69. The molecule has 0 atom stereocenters. The van der Waals surface area contributed by atoms with Crippen LogP contribution in [0.25, 0.3) is 11.3 Å². The van der Waals surface area contributed by atoms with E-state index in [-0.39, 0.29) is 24.8 Å². The fraction of sp³-hybridized carbons (Fsp3) is 0.400. The lowest BCUT2D eigenvalue weighted by molar-refractivity contribution is -0.139. The van der Waals surface area contributed by atoms with Crippen LogP contribution in [0.15, 0.2) is 34.8 Å². The number of thiazole rings is 1. The summed E-state index contributed by atoms with van der Waals surface area (Å²) in [4.78, 5) is 30.8. The van der Waals surface area contributed by atoms with E-state index < -0.39 is 11.9 Å². The molecule has 11 heteroatoms. The molecule has 0 bridgehead atoms. The van der Waals surface area contributed by atoms with Crippen molar-refractivity contribution in [3.05, 3.63) is 35.2 Å². The number of carboxylic acid groups (broad SMARTS) is 2. The zero-order valence-corrected chi connectivity index (χ0v) is 17.7. The van der Waals surface area contributed by atoms with Crippen LogP contribution in [0.2, 0.25) is 0 Å². The minimum Gasteiger partial charge on any atom is -0.481 e. The zero-order valence-electron chi connectivity index (χ0n) is 16.8. The molecule has 1 aliphatic heterocycles. The van der Waals surface area contributed by atoms with Gasteiger partial charge in [0.15, 0.2) is 11.0 Å². The maximum Gasteiger partial charge on any atom is 0.317 e. The van der Waals surface area contributed by atoms with Gasteiger partial charge in [-0.15, -0.1) is 11.3 Å². The number of carboxylic acids is 2. The van der Waals surface area contributed by atoms with Crippen molar-refractivity contribution in [3.63, 3.8) is 0 Å². The predicted molar refractivity (Wildman–Crippen MR) is 117 cm³/mol. The van der Waals surface area contributed by atoms with Gasteiger partial charge in [-0.25, -0.2) is 4.98 Å². The molecule has 2 aromatic rings. The number of benzene rings is 1. The van der Waals surface area contributed by atoms with Crippen LogP contribution in [0.4, 0.5) is 5.13 Å². The van der Waals surface area contributed by atoms with Crippen molar-refractivity contribution in [2.75, 3.05) is 31.1 Å². The molecule has 1 aromatic carbocycles. The van der Waals surface area contributed by atoms with Crippen molar-refractivity contribution in [3.8, 4) is 11.3 Å². The molecule has 0 unspecified atom stereocenters. The van der Waals surface area contributed by atoms with Gasteiger partial charge >= 0.3 is 11.9 Å². The number of aromatic nitrogens is 1. The van der Waals surface area contributed by atoms with Crippen LogP contribution in [0.5, 0.6) is 0 Å². The van der Waals surface area contributed by atoms with E-state index in [1.54, 1.807) is 12.1 Å². The smallest absolute Gasteiger partial charge is 0.317 e. The quantitative estimate of drug-likeness (QED) is 0.195. The maximum absolute atomic E-state index is 11.2. The SMILES string of the molecule is N/C(=N\O)c1ccc(-c2csc(N(CCC(=O)O)C3CCN(CC(=O)O)CC3)n2)cc1. The Kier molecular flexibility index (Phi) is 7.42. The number of oxime groups is 1. The van der Waals surface area contributed by atoms with Gasteiger partial charge < -0.3 is 26.1 Å². The molecular formula is C20H25N5O5S. The molecule has 1 aromatic heterocycles. The van der Waals surface area contributed by atoms with Crippen LogP contribution in [0.1, 0.15) is 24.8 Å². The van der Waals surface area contributed by atoms with Gasteiger partial charge in [-0.3, -0.25) is 14.5 Å². The highest BCUT2D eigenvalue weighted by molar-refractivity contribution is 7.14. The second-order valence-corrected chi connectivity index (χ2v) is 8.15. The second kappa shape index (κ2) is 10.2. The summed E-state index contributed by atoms with van der Waals surface area (Å²) in [6.45, 7) is 1.65. The number of hydrogen-bond acceptors (Lipinski definition) is 8. The van der Waals surface area contributed by atoms with Crippen LogP contribution < -0.4 is 10.6 Å². The Morgan fingerprint density at radius 3 is 2.45 bits per heavy atom. The van der Waals surface area contributed by atoms with Crippen LogP contribution in [-0.2, 0) is 9.59 Å². The Morgan fingerprint density at radius 2 is 1.87 bits per heavy atom. The summed E-state index contributed by atoms with van der Waals surface area (Å²) in [6.07, 6.45) is 1.49. The molecule has 0 spiro atoms. The van der Waals surface area contributed by atoms with Gasteiger partial charge in [0.25, 0.3) is 0 Å². The number of amidine groups is 1. The lowest BCUT2D eigenvalue weighted by Gasteiger charge is -2.37. The Balaban J connectivity index is 1.75. The molecule has 1 fully saturated rings. The van der Waals surface area contributed by atoms with Gasteiger partial charge in [-0.05, 0) is 12.8 Å². The standard InChI is InChI=1S/C20H25N5O5S/c21-19(23-30)14-3-1-13(2-4-14)16-12-31-20(22-16)25(10-7-17(26)27)15-5-8-24(9-6-15)11-18(28)29/h1-4,12,15,30H,5-11H2,(H2,21,23)(H,26,27)(H,28,29). The minimum atomic E-state index is -0.871. The van der Waals surface area contributed by atoms with E-state index in [1.807, 2.05) is 27.3 Å². The van der Waals surface area contributed by atoms with Crippen LogP contribution in [0, 0.1) is 0 Å². The molecule has 0 saturated carbocycles. The fourth-order valence-electron chi connectivity index (χ4n) is 3.63. The third-order valence-electron chi connectivity index (χ3n) is 5.25. The van der Waals surface area contributed by atoms with Crippen molar-refractivity contribution in [2.24, 2.45) is 10.9 Å². The summed E-state index contributed by atoms with van der Waals surface area (Å²) < 4.78 is 0. The Bertz CT molecular complexity index is 938. The molecule has 166 valence electrons. The average molecular weight is 448 g/mol. The number of likely N-dealkylation sites (tertiary alicyclic amines) is 1. The second-order valence-electron chi connectivity index (χ2n) is 7.32. The summed E-state index contributed by atoms with van der Waals surface area (Å²) in [6, 6.07) is 7.25. The van der Waals surface area contributed by atoms with E-state index >= 15 is 0 Å². The summed E-state index contributed by atoms with van der Waals surface area (Å²) >= 11 is 1.45. The largest absolute Gasteiger partial charge is 0.481 e. The van der Waals surface area contributed by atoms with E-state index in [0.29, 0.717) is 25.2 Å². The lowest BCUT2D eigenvalue weighted by atomic mass is 10.0. The summed E-state index contributed by atoms with van der Waals surface area (Å²) in [5.41, 5.74) is 7.82. The number of piperidine rings is 1.